The van der Waals surface area contributed by atoms with Crippen LogP contribution in [0.1, 0.15) is 23.2 Å². The molecule has 0 unspecified atom stereocenters. The number of non-ortho nitro benzene ring substituents is 2. The van der Waals surface area contributed by atoms with E-state index >= 15 is 0 Å². The SMILES string of the molecule is O=C1NC(=O)C2(CCN(C(=O)c3cc([N+](=O)[O-])cc([N+](=O)[O-])c3)CC2)N1. The number of hydrogen-bond donors (Lipinski definition) is 2. The standard InChI is InChI=1S/C14H13N5O7/c20-11(8-5-9(18(23)24)7-10(6-8)19(25)26)17-3-1-14(2-4-17)12(21)15-13(22)16-14/h5-7H,1-4H2,(H2,15,16,21,22). The van der Waals surface area contributed by atoms with Gasteiger partial charge in [0, 0.05) is 25.2 Å². The van der Waals surface area contributed by atoms with Crippen molar-refractivity contribution >= 4 is 29.2 Å². The molecule has 2 heterocycles. The third kappa shape index (κ3) is 2.92. The van der Waals surface area contributed by atoms with Crippen LogP contribution in [0.15, 0.2) is 18.2 Å². The normalized spacial score (nSPS) is 18.4. The van der Waals surface area contributed by atoms with E-state index in [9.17, 15) is 34.6 Å². The third-order valence-corrected chi connectivity index (χ3v) is 4.49. The van der Waals surface area contributed by atoms with E-state index in [4.69, 9.17) is 0 Å². The van der Waals surface area contributed by atoms with Gasteiger partial charge in [-0.2, -0.15) is 0 Å². The zero-order valence-electron chi connectivity index (χ0n) is 13.3. The lowest BCUT2D eigenvalue weighted by Gasteiger charge is -2.36. The number of likely N-dealkylation sites (tertiary alicyclic amines) is 1. The number of piperidine rings is 1. The van der Waals surface area contributed by atoms with Gasteiger partial charge >= 0.3 is 6.03 Å². The first-order valence-corrected chi connectivity index (χ1v) is 7.59. The summed E-state index contributed by atoms with van der Waals surface area (Å²) < 4.78 is 0. The van der Waals surface area contributed by atoms with Gasteiger partial charge in [-0.25, -0.2) is 4.79 Å². The van der Waals surface area contributed by atoms with Gasteiger partial charge in [0.25, 0.3) is 23.2 Å². The van der Waals surface area contributed by atoms with E-state index in [0.29, 0.717) is 0 Å². The van der Waals surface area contributed by atoms with Gasteiger partial charge in [-0.15, -0.1) is 0 Å². The number of hydrogen-bond acceptors (Lipinski definition) is 7. The topological polar surface area (TPSA) is 165 Å². The van der Waals surface area contributed by atoms with Crippen molar-refractivity contribution in [1.82, 2.24) is 15.5 Å². The van der Waals surface area contributed by atoms with Crippen LogP contribution in [0.4, 0.5) is 16.2 Å². The molecule has 12 heteroatoms. The number of urea groups is 1. The number of amides is 4. The van der Waals surface area contributed by atoms with Crippen LogP contribution in [0, 0.1) is 20.2 Å². The lowest BCUT2D eigenvalue weighted by molar-refractivity contribution is -0.394. The highest BCUT2D eigenvalue weighted by Crippen LogP contribution is 2.28. The third-order valence-electron chi connectivity index (χ3n) is 4.49. The summed E-state index contributed by atoms with van der Waals surface area (Å²) in [6, 6.07) is 2.14. The van der Waals surface area contributed by atoms with E-state index in [1.54, 1.807) is 0 Å². The molecule has 1 aromatic carbocycles. The molecule has 2 fully saturated rings. The second kappa shape index (κ2) is 6.06. The molecule has 2 aliphatic heterocycles. The van der Waals surface area contributed by atoms with E-state index in [1.165, 1.54) is 4.90 Å². The minimum Gasteiger partial charge on any atom is -0.338 e. The minimum atomic E-state index is -1.07. The number of rotatable bonds is 3. The number of benzene rings is 1. The summed E-state index contributed by atoms with van der Waals surface area (Å²) in [5, 5.41) is 26.6. The average Bonchev–Trinajstić information content (AvgIpc) is 2.87. The molecule has 0 radical (unpaired) electrons. The highest BCUT2D eigenvalue weighted by molar-refractivity contribution is 6.07. The Kier molecular flexibility index (Phi) is 4.02. The highest BCUT2D eigenvalue weighted by atomic mass is 16.6. The largest absolute Gasteiger partial charge is 0.338 e. The smallest absolute Gasteiger partial charge is 0.322 e. The maximum absolute atomic E-state index is 12.6. The second-order valence-electron chi connectivity index (χ2n) is 6.03. The number of nitrogens with zero attached hydrogens (tertiary/aromatic N) is 3. The lowest BCUT2D eigenvalue weighted by atomic mass is 9.87. The molecule has 2 aliphatic rings. The first-order chi connectivity index (χ1) is 12.2. The zero-order valence-corrected chi connectivity index (χ0v) is 13.3. The molecule has 2 N–H and O–H groups in total. The van der Waals surface area contributed by atoms with Crippen LogP contribution in [0.2, 0.25) is 0 Å². The summed E-state index contributed by atoms with van der Waals surface area (Å²) in [7, 11) is 0. The van der Waals surface area contributed by atoms with E-state index in [-0.39, 0.29) is 31.5 Å². The van der Waals surface area contributed by atoms with Gasteiger partial charge in [0.05, 0.1) is 21.5 Å². The average molecular weight is 363 g/mol. The van der Waals surface area contributed by atoms with E-state index in [2.05, 4.69) is 10.6 Å². The molecule has 2 saturated heterocycles. The Morgan fingerprint density at radius 1 is 1.04 bits per heavy atom. The second-order valence-corrected chi connectivity index (χ2v) is 6.03. The number of nitrogens with one attached hydrogen (secondary N) is 2. The van der Waals surface area contributed by atoms with Crippen molar-refractivity contribution in [3.63, 3.8) is 0 Å². The molecule has 26 heavy (non-hydrogen) atoms. The summed E-state index contributed by atoms with van der Waals surface area (Å²) in [5.41, 5.74) is -2.36. The Bertz CT molecular complexity index is 812. The Balaban J connectivity index is 1.80. The van der Waals surface area contributed by atoms with Gasteiger partial charge in [-0.1, -0.05) is 0 Å². The summed E-state index contributed by atoms with van der Waals surface area (Å²) in [6.45, 7) is 0.228. The van der Waals surface area contributed by atoms with E-state index < -0.39 is 44.6 Å². The summed E-state index contributed by atoms with van der Waals surface area (Å²) in [4.78, 5) is 57.4. The molecule has 0 saturated carbocycles. The van der Waals surface area contributed by atoms with Crippen molar-refractivity contribution in [2.75, 3.05) is 13.1 Å². The van der Waals surface area contributed by atoms with Crippen molar-refractivity contribution in [3.05, 3.63) is 44.0 Å². The molecule has 1 spiro atoms. The quantitative estimate of drug-likeness (QED) is 0.443. The van der Waals surface area contributed by atoms with Crippen LogP contribution < -0.4 is 10.6 Å². The van der Waals surface area contributed by atoms with Crippen LogP contribution in [0.3, 0.4) is 0 Å². The molecular weight excluding hydrogens is 350 g/mol. The van der Waals surface area contributed by atoms with Gasteiger partial charge in [0.15, 0.2) is 0 Å². The fourth-order valence-electron chi connectivity index (χ4n) is 3.08. The molecule has 0 atom stereocenters. The van der Waals surface area contributed by atoms with Crippen molar-refractivity contribution in [1.29, 1.82) is 0 Å². The zero-order chi connectivity index (χ0) is 19.1. The van der Waals surface area contributed by atoms with Crippen LogP contribution >= 0.6 is 0 Å². The predicted molar refractivity (Wildman–Crippen MR) is 84.3 cm³/mol. The molecule has 136 valence electrons. The monoisotopic (exact) mass is 363 g/mol. The van der Waals surface area contributed by atoms with Gasteiger partial charge in [0.1, 0.15) is 5.54 Å². The minimum absolute atomic E-state index is 0.114. The first kappa shape index (κ1) is 17.3. The van der Waals surface area contributed by atoms with Crippen molar-refractivity contribution in [3.8, 4) is 0 Å². The molecule has 0 aromatic heterocycles. The molecule has 1 aromatic rings. The maximum Gasteiger partial charge on any atom is 0.322 e. The molecule has 4 amide bonds. The van der Waals surface area contributed by atoms with Crippen LogP contribution in [-0.4, -0.2) is 51.2 Å². The van der Waals surface area contributed by atoms with Crippen LogP contribution in [0.5, 0.6) is 0 Å². The Labute approximate surface area is 145 Å². The molecule has 0 aliphatic carbocycles. The highest BCUT2D eigenvalue weighted by Gasteiger charge is 2.48. The van der Waals surface area contributed by atoms with Crippen molar-refractivity contribution in [2.24, 2.45) is 0 Å². The van der Waals surface area contributed by atoms with Gasteiger partial charge in [-0.05, 0) is 12.8 Å². The Morgan fingerprint density at radius 3 is 2.00 bits per heavy atom. The number of carbonyl (C=O) groups is 3. The van der Waals surface area contributed by atoms with Crippen LogP contribution in [-0.2, 0) is 4.79 Å². The van der Waals surface area contributed by atoms with E-state index in [1.807, 2.05) is 0 Å². The summed E-state index contributed by atoms with van der Waals surface area (Å²) >= 11 is 0. The van der Waals surface area contributed by atoms with Gasteiger partial charge in [0.2, 0.25) is 0 Å². The number of nitro groups is 2. The first-order valence-electron chi connectivity index (χ1n) is 7.59. The molecule has 3 rings (SSSR count). The van der Waals surface area contributed by atoms with Crippen molar-refractivity contribution in [2.45, 2.75) is 18.4 Å². The fourth-order valence-corrected chi connectivity index (χ4v) is 3.08. The van der Waals surface area contributed by atoms with Gasteiger partial charge < -0.3 is 10.2 Å². The summed E-state index contributed by atoms with van der Waals surface area (Å²) in [6.07, 6.45) is 0.348. The maximum atomic E-state index is 12.6. The van der Waals surface area contributed by atoms with E-state index in [0.717, 1.165) is 18.2 Å². The van der Waals surface area contributed by atoms with Gasteiger partial charge in [-0.3, -0.25) is 35.1 Å². The molecule has 0 bridgehead atoms. The lowest BCUT2D eigenvalue weighted by Crippen LogP contribution is -2.55. The number of nitro benzene ring substituents is 2. The Morgan fingerprint density at radius 2 is 1.58 bits per heavy atom. The molecule has 12 nitrogen and oxygen atoms in total. The predicted octanol–water partition coefficient (Wildman–Crippen LogP) is 0.317. The summed E-state index contributed by atoms with van der Waals surface area (Å²) in [5.74, 6) is -1.07. The number of imide groups is 1. The van der Waals surface area contributed by atoms with Crippen molar-refractivity contribution < 1.29 is 24.2 Å². The Hall–Kier alpha value is -3.57. The van der Waals surface area contributed by atoms with Crippen LogP contribution in [0.25, 0.3) is 0 Å². The number of carbonyl (C=O) groups excluding carboxylic acids is 3. The molecular formula is C14H13N5O7. The fraction of sp³-hybridized carbons (Fsp3) is 0.357.